The molecule has 4 rings (SSSR count). The van der Waals surface area contributed by atoms with Crippen LogP contribution in [0.2, 0.25) is 5.02 Å². The third-order valence-corrected chi connectivity index (χ3v) is 5.22. The first-order chi connectivity index (χ1) is 14.1. The van der Waals surface area contributed by atoms with Gasteiger partial charge in [0, 0.05) is 10.7 Å². The van der Waals surface area contributed by atoms with E-state index in [0.717, 1.165) is 11.4 Å². The number of anilines is 1. The Balaban J connectivity index is 1.50. The summed E-state index contributed by atoms with van der Waals surface area (Å²) in [4.78, 5) is 20.8. The number of halogens is 1. The van der Waals surface area contributed by atoms with Crippen LogP contribution in [-0.4, -0.2) is 43.7 Å². The lowest BCUT2D eigenvalue weighted by Gasteiger charge is -2.05. The zero-order valence-electron chi connectivity index (χ0n) is 15.2. The van der Waals surface area contributed by atoms with Crippen molar-refractivity contribution in [3.63, 3.8) is 0 Å². The van der Waals surface area contributed by atoms with Crippen molar-refractivity contribution in [2.45, 2.75) is 5.03 Å². The summed E-state index contributed by atoms with van der Waals surface area (Å²) >= 11 is 7.12. The number of methoxy groups -OCH3 is 1. The van der Waals surface area contributed by atoms with Crippen molar-refractivity contribution in [1.82, 2.24) is 25.0 Å². The first-order valence-electron chi connectivity index (χ1n) is 8.53. The van der Waals surface area contributed by atoms with Gasteiger partial charge in [0.15, 0.2) is 11.2 Å². The zero-order chi connectivity index (χ0) is 20.2. The Bertz CT molecular complexity index is 1150. The Morgan fingerprint density at radius 1 is 1.14 bits per heavy atom. The average Bonchev–Trinajstić information content (AvgIpc) is 3.19. The molecule has 1 amide bonds. The number of carbonyl (C=O) groups is 1. The van der Waals surface area contributed by atoms with E-state index in [-0.39, 0.29) is 11.7 Å². The van der Waals surface area contributed by atoms with Gasteiger partial charge in [-0.3, -0.25) is 4.79 Å². The molecule has 4 aromatic rings. The fraction of sp³-hybridized carbons (Fsp3) is 0.105. The van der Waals surface area contributed by atoms with E-state index in [4.69, 9.17) is 16.3 Å². The van der Waals surface area contributed by atoms with Gasteiger partial charge in [0.25, 0.3) is 0 Å². The van der Waals surface area contributed by atoms with Crippen LogP contribution < -0.4 is 10.1 Å². The topological polar surface area (TPSA) is 94.8 Å². The predicted octanol–water partition coefficient (Wildman–Crippen LogP) is 3.60. The van der Waals surface area contributed by atoms with Crippen molar-refractivity contribution in [2.24, 2.45) is 0 Å². The molecule has 0 saturated heterocycles. The molecule has 2 aromatic heterocycles. The summed E-state index contributed by atoms with van der Waals surface area (Å²) in [5.74, 6) is 0.756. The third kappa shape index (κ3) is 4.30. The number of fused-ring (bicyclic) bond motifs is 1. The number of hydrogen-bond acceptors (Lipinski definition) is 7. The highest BCUT2D eigenvalue weighted by Crippen LogP contribution is 2.25. The lowest BCUT2D eigenvalue weighted by Crippen LogP contribution is -2.14. The fourth-order valence-electron chi connectivity index (χ4n) is 2.60. The number of aromatic nitrogens is 5. The second-order valence-electron chi connectivity index (χ2n) is 5.89. The number of hydrogen-bond donors (Lipinski definition) is 1. The number of amides is 1. The Labute approximate surface area is 175 Å². The average molecular weight is 427 g/mol. The molecular weight excluding hydrogens is 412 g/mol. The number of rotatable bonds is 6. The second kappa shape index (κ2) is 8.46. The normalized spacial score (nSPS) is 10.8. The van der Waals surface area contributed by atoms with Crippen LogP contribution in [0.15, 0.2) is 59.9 Å². The van der Waals surface area contributed by atoms with Crippen LogP contribution >= 0.6 is 23.4 Å². The van der Waals surface area contributed by atoms with Gasteiger partial charge in [-0.1, -0.05) is 28.6 Å². The van der Waals surface area contributed by atoms with Gasteiger partial charge in [-0.15, -0.1) is 5.10 Å². The Kier molecular flexibility index (Phi) is 5.59. The van der Waals surface area contributed by atoms with Gasteiger partial charge in [-0.05, 0) is 48.5 Å². The van der Waals surface area contributed by atoms with Crippen molar-refractivity contribution in [2.75, 3.05) is 18.2 Å². The molecule has 1 N–H and O–H groups in total. The number of nitrogens with one attached hydrogen (secondary N) is 1. The van der Waals surface area contributed by atoms with Crippen LogP contribution in [0.4, 0.5) is 5.69 Å². The van der Waals surface area contributed by atoms with Gasteiger partial charge in [0.05, 0.1) is 18.6 Å². The summed E-state index contributed by atoms with van der Waals surface area (Å²) in [5.41, 5.74) is 2.57. The lowest BCUT2D eigenvalue weighted by atomic mass is 10.3. The molecule has 0 fully saturated rings. The molecule has 0 bridgehead atoms. The summed E-state index contributed by atoms with van der Waals surface area (Å²) in [6.07, 6.45) is 1.44. The minimum Gasteiger partial charge on any atom is -0.497 e. The van der Waals surface area contributed by atoms with E-state index < -0.39 is 0 Å². The molecule has 2 heterocycles. The largest absolute Gasteiger partial charge is 0.497 e. The highest BCUT2D eigenvalue weighted by Gasteiger charge is 2.15. The van der Waals surface area contributed by atoms with Crippen LogP contribution in [0, 0.1) is 0 Å². The Morgan fingerprint density at radius 2 is 1.90 bits per heavy atom. The summed E-state index contributed by atoms with van der Waals surface area (Å²) in [6, 6.07) is 14.3. The van der Waals surface area contributed by atoms with E-state index in [1.54, 1.807) is 36.1 Å². The maximum absolute atomic E-state index is 12.2. The molecule has 8 nitrogen and oxygen atoms in total. The molecule has 146 valence electrons. The number of ether oxygens (including phenoxy) is 1. The smallest absolute Gasteiger partial charge is 0.234 e. The molecule has 0 radical (unpaired) electrons. The van der Waals surface area contributed by atoms with Crippen LogP contribution in [0.3, 0.4) is 0 Å². The van der Waals surface area contributed by atoms with Crippen molar-refractivity contribution in [3.05, 3.63) is 59.9 Å². The minimum absolute atomic E-state index is 0.161. The van der Waals surface area contributed by atoms with E-state index in [1.807, 2.05) is 24.3 Å². The van der Waals surface area contributed by atoms with E-state index in [1.165, 1.54) is 18.1 Å². The zero-order valence-corrected chi connectivity index (χ0v) is 16.8. The minimum atomic E-state index is -0.161. The monoisotopic (exact) mass is 426 g/mol. The van der Waals surface area contributed by atoms with Crippen molar-refractivity contribution >= 4 is 46.1 Å². The summed E-state index contributed by atoms with van der Waals surface area (Å²) in [5, 5.41) is 12.4. The SMILES string of the molecule is COc1ccc(-n2nnc3c(SCC(=O)Nc4ccc(Cl)cc4)ncnc32)cc1. The number of nitrogens with zero attached hydrogens (tertiary/aromatic N) is 5. The fourth-order valence-corrected chi connectivity index (χ4v) is 3.45. The molecule has 0 aliphatic carbocycles. The van der Waals surface area contributed by atoms with Crippen molar-refractivity contribution in [1.29, 1.82) is 0 Å². The lowest BCUT2D eigenvalue weighted by molar-refractivity contribution is -0.113. The van der Waals surface area contributed by atoms with Gasteiger partial charge in [-0.2, -0.15) is 4.68 Å². The maximum atomic E-state index is 12.2. The predicted molar refractivity (Wildman–Crippen MR) is 112 cm³/mol. The molecule has 0 aliphatic heterocycles. The Morgan fingerprint density at radius 3 is 2.62 bits per heavy atom. The van der Waals surface area contributed by atoms with E-state index >= 15 is 0 Å². The molecule has 10 heteroatoms. The van der Waals surface area contributed by atoms with Crippen LogP contribution in [-0.2, 0) is 4.79 Å². The van der Waals surface area contributed by atoms with Gasteiger partial charge in [0.2, 0.25) is 5.91 Å². The highest BCUT2D eigenvalue weighted by atomic mass is 35.5. The second-order valence-corrected chi connectivity index (χ2v) is 7.29. The standard InChI is InChI=1S/C19H15ClN6O2S/c1-28-15-8-6-14(7-9-15)26-18-17(24-25-26)19(22-11-21-18)29-10-16(27)23-13-4-2-12(20)3-5-13/h2-9,11H,10H2,1H3,(H,23,27). The van der Waals surface area contributed by atoms with E-state index in [2.05, 4.69) is 25.6 Å². The number of thioether (sulfide) groups is 1. The van der Waals surface area contributed by atoms with Gasteiger partial charge in [0.1, 0.15) is 17.1 Å². The molecule has 0 atom stereocenters. The first-order valence-corrected chi connectivity index (χ1v) is 9.89. The van der Waals surface area contributed by atoms with Gasteiger partial charge < -0.3 is 10.1 Å². The summed E-state index contributed by atoms with van der Waals surface area (Å²) in [6.45, 7) is 0. The van der Waals surface area contributed by atoms with Gasteiger partial charge >= 0.3 is 0 Å². The Hall–Kier alpha value is -3.17. The van der Waals surface area contributed by atoms with Crippen LogP contribution in [0.25, 0.3) is 16.9 Å². The third-order valence-electron chi connectivity index (χ3n) is 3.99. The molecular formula is C19H15ClN6O2S. The molecule has 0 spiro atoms. The molecule has 0 unspecified atom stereocenters. The van der Waals surface area contributed by atoms with Crippen molar-refractivity contribution < 1.29 is 9.53 Å². The van der Waals surface area contributed by atoms with Crippen LogP contribution in [0.5, 0.6) is 5.75 Å². The van der Waals surface area contributed by atoms with Crippen LogP contribution in [0.1, 0.15) is 0 Å². The maximum Gasteiger partial charge on any atom is 0.234 e. The van der Waals surface area contributed by atoms with Gasteiger partial charge in [-0.25, -0.2) is 9.97 Å². The quantitative estimate of drug-likeness (QED) is 0.371. The highest BCUT2D eigenvalue weighted by molar-refractivity contribution is 8.00. The molecule has 29 heavy (non-hydrogen) atoms. The van der Waals surface area contributed by atoms with E-state index in [0.29, 0.717) is 26.9 Å². The van der Waals surface area contributed by atoms with E-state index in [9.17, 15) is 4.79 Å². The van der Waals surface area contributed by atoms with Crippen molar-refractivity contribution in [3.8, 4) is 11.4 Å². The first kappa shape index (κ1) is 19.2. The summed E-state index contributed by atoms with van der Waals surface area (Å²) < 4.78 is 6.80. The number of carbonyl (C=O) groups excluding carboxylic acids is 1. The molecule has 2 aromatic carbocycles. The molecule has 0 saturated carbocycles. The summed E-state index contributed by atoms with van der Waals surface area (Å²) in [7, 11) is 1.61. The number of benzene rings is 2. The molecule has 0 aliphatic rings.